The van der Waals surface area contributed by atoms with E-state index in [1.54, 1.807) is 0 Å². The van der Waals surface area contributed by atoms with E-state index in [2.05, 4.69) is 36.3 Å². The Kier molecular flexibility index (Phi) is 9.48. The summed E-state index contributed by atoms with van der Waals surface area (Å²) in [7, 11) is 0. The maximum Gasteiger partial charge on any atom is 0.296 e. The van der Waals surface area contributed by atoms with Crippen LogP contribution in [0.1, 0.15) is 47.5 Å². The Hall–Kier alpha value is -1.54. The average molecular weight is 296 g/mol. The maximum absolute atomic E-state index is 11.5. The lowest BCUT2D eigenvalue weighted by Gasteiger charge is -2.24. The summed E-state index contributed by atoms with van der Waals surface area (Å²) >= 11 is 0. The van der Waals surface area contributed by atoms with Gasteiger partial charge >= 0.3 is 0 Å². The van der Waals surface area contributed by atoms with Gasteiger partial charge in [-0.1, -0.05) is 13.8 Å². The van der Waals surface area contributed by atoms with Crippen LogP contribution < -0.4 is 10.6 Å². The first-order valence-corrected chi connectivity index (χ1v) is 7.48. The van der Waals surface area contributed by atoms with Crippen LogP contribution in [0, 0.1) is 17.8 Å². The molecule has 2 N–H and O–H groups in total. The molecule has 0 aliphatic carbocycles. The summed E-state index contributed by atoms with van der Waals surface area (Å²) in [5.74, 6) is 4.24. The molecule has 0 rings (SSSR count). The molecule has 21 heavy (non-hydrogen) atoms. The molecule has 0 aromatic heterocycles. The van der Waals surface area contributed by atoms with Crippen LogP contribution in [0.5, 0.6) is 0 Å². The molecule has 0 spiro atoms. The van der Waals surface area contributed by atoms with E-state index in [1.165, 1.54) is 0 Å². The summed E-state index contributed by atoms with van der Waals surface area (Å²) < 4.78 is 5.52. The first-order chi connectivity index (χ1) is 9.76. The fourth-order valence-electron chi connectivity index (χ4n) is 1.62. The lowest BCUT2D eigenvalue weighted by molar-refractivity contribution is -0.117. The van der Waals surface area contributed by atoms with E-state index in [0.29, 0.717) is 32.0 Å². The highest BCUT2D eigenvalue weighted by molar-refractivity contribution is 6.02. The Morgan fingerprint density at radius 3 is 2.10 bits per heavy atom. The lowest BCUT2D eigenvalue weighted by Crippen LogP contribution is -2.32. The number of hydrogen-bond acceptors (Lipinski definition) is 3. The Morgan fingerprint density at radius 2 is 1.62 bits per heavy atom. The van der Waals surface area contributed by atoms with Crippen LogP contribution in [-0.4, -0.2) is 37.1 Å². The van der Waals surface area contributed by atoms with Gasteiger partial charge in [0.1, 0.15) is 0 Å². The predicted octanol–water partition coefficient (Wildman–Crippen LogP) is 1.47. The van der Waals surface area contributed by atoms with E-state index in [-0.39, 0.29) is 5.60 Å². The van der Waals surface area contributed by atoms with E-state index < -0.39 is 11.8 Å². The molecule has 2 amide bonds. The fourth-order valence-corrected chi connectivity index (χ4v) is 1.62. The molecule has 0 unspecified atom stereocenters. The molecule has 0 saturated heterocycles. The third-order valence-electron chi connectivity index (χ3n) is 2.84. The highest BCUT2D eigenvalue weighted by atomic mass is 16.5. The molecule has 0 fully saturated rings. The van der Waals surface area contributed by atoms with E-state index in [1.807, 2.05) is 20.8 Å². The Bertz CT molecular complexity index is 392. The van der Waals surface area contributed by atoms with Crippen molar-refractivity contribution in [3.63, 3.8) is 0 Å². The lowest BCUT2D eigenvalue weighted by atomic mass is 10.1. The zero-order valence-corrected chi connectivity index (χ0v) is 13.8. The third kappa shape index (κ3) is 11.9. The number of nitrogens with one attached hydrogen (secondary N) is 2. The van der Waals surface area contributed by atoms with Gasteiger partial charge in [0, 0.05) is 31.5 Å². The summed E-state index contributed by atoms with van der Waals surface area (Å²) in [5.41, 5.74) is -0.274. The van der Waals surface area contributed by atoms with Gasteiger partial charge in [-0.05, 0) is 39.5 Å². The van der Waals surface area contributed by atoms with Crippen molar-refractivity contribution in [3.05, 3.63) is 0 Å². The highest BCUT2D eigenvalue weighted by Gasteiger charge is 2.16. The van der Waals surface area contributed by atoms with Crippen LogP contribution in [0.25, 0.3) is 0 Å². The zero-order valence-electron chi connectivity index (χ0n) is 13.8. The van der Waals surface area contributed by atoms with Crippen molar-refractivity contribution >= 4 is 11.8 Å². The van der Waals surface area contributed by atoms with Crippen molar-refractivity contribution in [1.82, 2.24) is 10.6 Å². The van der Waals surface area contributed by atoms with Crippen LogP contribution in [-0.2, 0) is 14.3 Å². The van der Waals surface area contributed by atoms with Gasteiger partial charge in [-0.15, -0.1) is 0 Å². The van der Waals surface area contributed by atoms with Crippen LogP contribution in [0.3, 0.4) is 0 Å². The van der Waals surface area contributed by atoms with Gasteiger partial charge in [0.05, 0.1) is 5.60 Å². The molecule has 0 aromatic carbocycles. The summed E-state index contributed by atoms with van der Waals surface area (Å²) in [6, 6.07) is 0. The molecule has 5 nitrogen and oxygen atoms in total. The molecule has 0 saturated carbocycles. The Morgan fingerprint density at radius 1 is 1.10 bits per heavy atom. The molecule has 0 aliphatic heterocycles. The second kappa shape index (κ2) is 10.2. The first-order valence-electron chi connectivity index (χ1n) is 7.48. The van der Waals surface area contributed by atoms with E-state index in [0.717, 1.165) is 6.42 Å². The third-order valence-corrected chi connectivity index (χ3v) is 2.84. The number of ether oxygens (including phenoxy) is 1. The molecule has 0 aliphatic rings. The van der Waals surface area contributed by atoms with Crippen molar-refractivity contribution in [2.45, 2.75) is 53.1 Å². The van der Waals surface area contributed by atoms with Gasteiger partial charge in [0.15, 0.2) is 0 Å². The number of carbonyl (C=O) groups is 2. The summed E-state index contributed by atoms with van der Waals surface area (Å²) in [5, 5.41) is 5.31. The Balaban J connectivity index is 3.94. The van der Waals surface area contributed by atoms with Crippen molar-refractivity contribution in [3.8, 4) is 11.8 Å². The van der Waals surface area contributed by atoms with Gasteiger partial charge in [0.2, 0.25) is 0 Å². The van der Waals surface area contributed by atoms with E-state index >= 15 is 0 Å². The number of hydrogen-bond donors (Lipinski definition) is 2. The minimum Gasteiger partial charge on any atom is -0.376 e. The standard InChI is InChI=1S/C16H28N2O3/c1-6-21-16(4,5)10-12-18-15(20)8-7-14(19)17-11-9-13(2)3/h13H,6,9-12H2,1-5H3,(H,17,19)(H,18,20). The molecule has 0 radical (unpaired) electrons. The second-order valence-corrected chi connectivity index (χ2v) is 5.89. The minimum atomic E-state index is -0.443. The summed E-state index contributed by atoms with van der Waals surface area (Å²) in [6.45, 7) is 11.7. The summed E-state index contributed by atoms with van der Waals surface area (Å²) in [6.07, 6.45) is 1.58. The monoisotopic (exact) mass is 296 g/mol. The topological polar surface area (TPSA) is 67.4 Å². The van der Waals surface area contributed by atoms with E-state index in [4.69, 9.17) is 4.74 Å². The average Bonchev–Trinajstić information content (AvgIpc) is 2.35. The quantitative estimate of drug-likeness (QED) is 0.667. The smallest absolute Gasteiger partial charge is 0.296 e. The second-order valence-electron chi connectivity index (χ2n) is 5.89. The highest BCUT2D eigenvalue weighted by Crippen LogP contribution is 2.12. The Labute approximate surface area is 128 Å². The van der Waals surface area contributed by atoms with Gasteiger partial charge < -0.3 is 15.4 Å². The van der Waals surface area contributed by atoms with Gasteiger partial charge in [-0.25, -0.2) is 0 Å². The van der Waals surface area contributed by atoms with Crippen LogP contribution in [0.4, 0.5) is 0 Å². The minimum absolute atomic E-state index is 0.274. The van der Waals surface area contributed by atoms with Crippen molar-refractivity contribution in [2.75, 3.05) is 19.7 Å². The molecule has 0 heterocycles. The SMILES string of the molecule is CCOC(C)(C)CCNC(=O)C#CC(=O)NCCC(C)C. The molecule has 0 bridgehead atoms. The van der Waals surface area contributed by atoms with Gasteiger partial charge in [-0.2, -0.15) is 0 Å². The molecular formula is C16H28N2O3. The van der Waals surface area contributed by atoms with Crippen LogP contribution >= 0.6 is 0 Å². The molecule has 120 valence electrons. The van der Waals surface area contributed by atoms with E-state index in [9.17, 15) is 9.59 Å². The maximum atomic E-state index is 11.5. The summed E-state index contributed by atoms with van der Waals surface area (Å²) in [4.78, 5) is 22.8. The molecule has 5 heteroatoms. The fraction of sp³-hybridized carbons (Fsp3) is 0.750. The number of carbonyl (C=O) groups excluding carboxylic acids is 2. The van der Waals surface area contributed by atoms with Gasteiger partial charge in [-0.3, -0.25) is 9.59 Å². The first kappa shape index (κ1) is 19.5. The number of amides is 2. The van der Waals surface area contributed by atoms with Gasteiger partial charge in [0.25, 0.3) is 11.8 Å². The predicted molar refractivity (Wildman–Crippen MR) is 83.6 cm³/mol. The molecule has 0 aromatic rings. The van der Waals surface area contributed by atoms with Crippen molar-refractivity contribution < 1.29 is 14.3 Å². The van der Waals surface area contributed by atoms with Crippen LogP contribution in [0.15, 0.2) is 0 Å². The normalized spacial score (nSPS) is 10.8. The van der Waals surface area contributed by atoms with Crippen molar-refractivity contribution in [2.24, 2.45) is 5.92 Å². The zero-order chi connectivity index (χ0) is 16.3. The van der Waals surface area contributed by atoms with Crippen molar-refractivity contribution in [1.29, 1.82) is 0 Å². The molecule has 0 atom stereocenters. The number of rotatable bonds is 8. The van der Waals surface area contributed by atoms with Crippen LogP contribution in [0.2, 0.25) is 0 Å². The largest absolute Gasteiger partial charge is 0.376 e. The molecular weight excluding hydrogens is 268 g/mol.